The Hall–Kier alpha value is -2.48. The first-order chi connectivity index (χ1) is 11.8. The van der Waals surface area contributed by atoms with Crippen LogP contribution in [0.1, 0.15) is 43.7 Å². The van der Waals surface area contributed by atoms with Crippen LogP contribution in [-0.2, 0) is 14.9 Å². The minimum absolute atomic E-state index is 0.00436. The maximum atomic E-state index is 12.1. The van der Waals surface area contributed by atoms with Crippen molar-refractivity contribution in [1.82, 2.24) is 9.59 Å². The van der Waals surface area contributed by atoms with Crippen molar-refractivity contribution in [2.75, 3.05) is 18.5 Å². The zero-order valence-corrected chi connectivity index (χ0v) is 15.5. The standard InChI is InChI=1S/C17H21N3O4S/c1-5-23-16(22)14-15(25-20-19-14)18-13(21)10-24-12-9-7-6-8-11(12)17(2,3)4/h6-9H,5,10H2,1-4H3,(H,18,21). The molecule has 0 aliphatic heterocycles. The maximum Gasteiger partial charge on any atom is 0.362 e. The number of aromatic nitrogens is 2. The number of para-hydroxylation sites is 1. The highest BCUT2D eigenvalue weighted by atomic mass is 32.1. The molecule has 0 unspecified atom stereocenters. The molecule has 0 fully saturated rings. The number of hydrogen-bond acceptors (Lipinski definition) is 7. The molecule has 25 heavy (non-hydrogen) atoms. The van der Waals surface area contributed by atoms with Gasteiger partial charge in [-0.15, -0.1) is 5.10 Å². The van der Waals surface area contributed by atoms with Crippen LogP contribution >= 0.6 is 11.5 Å². The lowest BCUT2D eigenvalue weighted by atomic mass is 9.86. The van der Waals surface area contributed by atoms with Gasteiger partial charge in [-0.1, -0.05) is 43.5 Å². The van der Waals surface area contributed by atoms with E-state index in [-0.39, 0.29) is 29.3 Å². The van der Waals surface area contributed by atoms with Crippen LogP contribution in [0.25, 0.3) is 0 Å². The zero-order valence-electron chi connectivity index (χ0n) is 14.7. The first-order valence-corrected chi connectivity index (χ1v) is 8.62. The van der Waals surface area contributed by atoms with E-state index in [1.54, 1.807) is 6.92 Å². The van der Waals surface area contributed by atoms with Crippen molar-refractivity contribution in [1.29, 1.82) is 0 Å². The SMILES string of the molecule is CCOC(=O)c1nnsc1NC(=O)COc1ccccc1C(C)(C)C. The van der Waals surface area contributed by atoms with E-state index >= 15 is 0 Å². The quantitative estimate of drug-likeness (QED) is 0.794. The molecule has 1 amide bonds. The van der Waals surface area contributed by atoms with Crippen molar-refractivity contribution in [3.63, 3.8) is 0 Å². The monoisotopic (exact) mass is 363 g/mol. The van der Waals surface area contributed by atoms with E-state index in [1.807, 2.05) is 24.3 Å². The molecular weight excluding hydrogens is 342 g/mol. The highest BCUT2D eigenvalue weighted by molar-refractivity contribution is 7.10. The van der Waals surface area contributed by atoms with Gasteiger partial charge in [0.1, 0.15) is 5.75 Å². The molecule has 1 heterocycles. The number of esters is 1. The lowest BCUT2D eigenvalue weighted by molar-refractivity contribution is -0.118. The summed E-state index contributed by atoms with van der Waals surface area (Å²) in [6, 6.07) is 7.59. The summed E-state index contributed by atoms with van der Waals surface area (Å²) in [5.41, 5.74) is 0.899. The minimum Gasteiger partial charge on any atom is -0.483 e. The Labute approximate surface area is 150 Å². The summed E-state index contributed by atoms with van der Waals surface area (Å²) in [4.78, 5) is 23.9. The molecule has 1 N–H and O–H groups in total. The van der Waals surface area contributed by atoms with Gasteiger partial charge in [0, 0.05) is 11.5 Å². The topological polar surface area (TPSA) is 90.4 Å². The lowest BCUT2D eigenvalue weighted by Gasteiger charge is -2.22. The highest BCUT2D eigenvalue weighted by Crippen LogP contribution is 2.30. The maximum absolute atomic E-state index is 12.1. The van der Waals surface area contributed by atoms with Crippen LogP contribution in [0.2, 0.25) is 0 Å². The van der Waals surface area contributed by atoms with E-state index in [9.17, 15) is 9.59 Å². The number of carbonyl (C=O) groups excluding carboxylic acids is 2. The van der Waals surface area contributed by atoms with Crippen LogP contribution in [0.4, 0.5) is 5.00 Å². The van der Waals surface area contributed by atoms with Crippen molar-refractivity contribution >= 4 is 28.4 Å². The summed E-state index contributed by atoms with van der Waals surface area (Å²) in [7, 11) is 0. The van der Waals surface area contributed by atoms with Crippen LogP contribution < -0.4 is 10.1 Å². The fourth-order valence-electron chi connectivity index (χ4n) is 2.12. The van der Waals surface area contributed by atoms with Gasteiger partial charge in [-0.3, -0.25) is 4.79 Å². The third kappa shape index (κ3) is 4.99. The van der Waals surface area contributed by atoms with Crippen molar-refractivity contribution in [2.24, 2.45) is 0 Å². The van der Waals surface area contributed by atoms with E-state index < -0.39 is 11.9 Å². The predicted octanol–water partition coefficient (Wildman–Crippen LogP) is 3.03. The lowest BCUT2D eigenvalue weighted by Crippen LogP contribution is -2.22. The summed E-state index contributed by atoms with van der Waals surface area (Å²) in [5, 5.41) is 6.52. The normalized spacial score (nSPS) is 11.0. The number of carbonyl (C=O) groups is 2. The average molecular weight is 363 g/mol. The van der Waals surface area contributed by atoms with Gasteiger partial charge in [0.15, 0.2) is 11.6 Å². The number of benzene rings is 1. The van der Waals surface area contributed by atoms with Gasteiger partial charge in [-0.05, 0) is 24.0 Å². The van der Waals surface area contributed by atoms with E-state index in [0.29, 0.717) is 5.75 Å². The highest BCUT2D eigenvalue weighted by Gasteiger charge is 2.21. The van der Waals surface area contributed by atoms with Crippen molar-refractivity contribution in [3.8, 4) is 5.75 Å². The van der Waals surface area contributed by atoms with E-state index in [2.05, 4.69) is 35.7 Å². The molecule has 0 spiro atoms. The van der Waals surface area contributed by atoms with Crippen molar-refractivity contribution < 1.29 is 19.1 Å². The van der Waals surface area contributed by atoms with Gasteiger partial charge < -0.3 is 14.8 Å². The fraction of sp³-hybridized carbons (Fsp3) is 0.412. The minimum atomic E-state index is -0.620. The van der Waals surface area contributed by atoms with Crippen molar-refractivity contribution in [2.45, 2.75) is 33.1 Å². The van der Waals surface area contributed by atoms with Crippen LogP contribution in [0, 0.1) is 0 Å². The molecule has 0 atom stereocenters. The molecule has 0 bridgehead atoms. The Kier molecular flexibility index (Phi) is 6.08. The molecule has 0 saturated carbocycles. The van der Waals surface area contributed by atoms with Crippen molar-refractivity contribution in [3.05, 3.63) is 35.5 Å². The molecule has 1 aromatic carbocycles. The second kappa shape index (κ2) is 8.06. The number of hydrogen-bond donors (Lipinski definition) is 1. The molecule has 2 rings (SSSR count). The second-order valence-electron chi connectivity index (χ2n) is 6.25. The fourth-order valence-corrected chi connectivity index (χ4v) is 2.70. The Morgan fingerprint density at radius 1 is 1.24 bits per heavy atom. The average Bonchev–Trinajstić information content (AvgIpc) is 3.00. The number of nitrogens with one attached hydrogen (secondary N) is 1. The number of anilines is 1. The molecule has 1 aromatic heterocycles. The first-order valence-electron chi connectivity index (χ1n) is 7.84. The third-order valence-corrected chi connectivity index (χ3v) is 3.90. The Morgan fingerprint density at radius 3 is 2.64 bits per heavy atom. The first kappa shape index (κ1) is 18.9. The molecule has 2 aromatic rings. The summed E-state index contributed by atoms with van der Waals surface area (Å²) in [5.74, 6) is -0.371. The summed E-state index contributed by atoms with van der Waals surface area (Å²) in [6.45, 7) is 7.94. The van der Waals surface area contributed by atoms with Gasteiger partial charge in [0.25, 0.3) is 5.91 Å². The van der Waals surface area contributed by atoms with Gasteiger partial charge in [-0.2, -0.15) is 0 Å². The zero-order chi connectivity index (χ0) is 18.4. The summed E-state index contributed by atoms with van der Waals surface area (Å²) < 4.78 is 14.2. The number of nitrogens with zero attached hydrogens (tertiary/aromatic N) is 2. The van der Waals surface area contributed by atoms with Crippen LogP contribution in [0.3, 0.4) is 0 Å². The Morgan fingerprint density at radius 2 is 1.96 bits per heavy atom. The number of rotatable bonds is 6. The summed E-state index contributed by atoms with van der Waals surface area (Å²) >= 11 is 0.912. The largest absolute Gasteiger partial charge is 0.483 e. The molecule has 8 heteroatoms. The third-order valence-electron chi connectivity index (χ3n) is 3.26. The van der Waals surface area contributed by atoms with E-state index in [4.69, 9.17) is 9.47 Å². The van der Waals surface area contributed by atoms with Gasteiger partial charge in [0.2, 0.25) is 5.69 Å². The van der Waals surface area contributed by atoms with Crippen LogP contribution in [-0.4, -0.2) is 34.7 Å². The molecule has 0 saturated heterocycles. The summed E-state index contributed by atoms with van der Waals surface area (Å²) in [6.07, 6.45) is 0. The molecule has 0 aliphatic carbocycles. The number of ether oxygens (including phenoxy) is 2. The van der Waals surface area contributed by atoms with Gasteiger partial charge >= 0.3 is 5.97 Å². The molecule has 134 valence electrons. The Balaban J connectivity index is 2.01. The van der Waals surface area contributed by atoms with Gasteiger partial charge in [-0.25, -0.2) is 4.79 Å². The van der Waals surface area contributed by atoms with E-state index in [1.165, 1.54) is 0 Å². The Bertz CT molecular complexity index is 752. The number of amides is 1. The van der Waals surface area contributed by atoms with Gasteiger partial charge in [0.05, 0.1) is 6.61 Å². The predicted molar refractivity (Wildman–Crippen MR) is 95.1 cm³/mol. The molecular formula is C17H21N3O4S. The smallest absolute Gasteiger partial charge is 0.362 e. The van der Waals surface area contributed by atoms with E-state index in [0.717, 1.165) is 17.1 Å². The van der Waals surface area contributed by atoms with Crippen LogP contribution in [0.5, 0.6) is 5.75 Å². The van der Waals surface area contributed by atoms with Crippen LogP contribution in [0.15, 0.2) is 24.3 Å². The molecule has 0 radical (unpaired) electrons. The second-order valence-corrected chi connectivity index (χ2v) is 7.01. The molecule has 7 nitrogen and oxygen atoms in total. The molecule has 0 aliphatic rings.